The molecule has 6 nitrogen and oxygen atoms in total. The average Bonchev–Trinajstić information content (AvgIpc) is 3.54. The van der Waals surface area contributed by atoms with E-state index in [1.54, 1.807) is 36.7 Å². The van der Waals surface area contributed by atoms with Gasteiger partial charge in [0, 0.05) is 88.7 Å². The SMILES string of the molecule is C=CCC1(C)/C(=C/C(=O)c2ccccn2)N(C)c2ccc3ccccc3c21.C=CCC1(C)/C(=C/C(=O)c2ccccn2)N(C)c2ccc3ccccc3c21.[Ni]. The molecule has 8 rings (SSSR count). The Morgan fingerprint density at radius 1 is 0.582 bits per heavy atom. The Labute approximate surface area is 333 Å². The number of aromatic nitrogens is 2. The van der Waals surface area contributed by atoms with Crippen molar-refractivity contribution < 1.29 is 26.1 Å². The minimum Gasteiger partial charge on any atom is -0.347 e. The number of fused-ring (bicyclic) bond motifs is 6. The van der Waals surface area contributed by atoms with E-state index in [4.69, 9.17) is 0 Å². The van der Waals surface area contributed by atoms with E-state index in [0.29, 0.717) is 11.4 Å². The fourth-order valence-electron chi connectivity index (χ4n) is 8.41. The molecule has 4 aromatic carbocycles. The van der Waals surface area contributed by atoms with Gasteiger partial charge in [-0.25, -0.2) is 0 Å². The van der Waals surface area contributed by atoms with Crippen molar-refractivity contribution in [1.82, 2.24) is 9.97 Å². The summed E-state index contributed by atoms with van der Waals surface area (Å²) in [6, 6.07) is 36.2. The molecule has 55 heavy (non-hydrogen) atoms. The predicted octanol–water partition coefficient (Wildman–Crippen LogP) is 10.6. The van der Waals surface area contributed by atoms with Crippen molar-refractivity contribution in [2.75, 3.05) is 23.9 Å². The molecule has 2 unspecified atom stereocenters. The normalized spacial score (nSPS) is 19.7. The summed E-state index contributed by atoms with van der Waals surface area (Å²) in [5, 5.41) is 4.86. The van der Waals surface area contributed by atoms with Gasteiger partial charge >= 0.3 is 0 Å². The Balaban J connectivity index is 0.000000184. The van der Waals surface area contributed by atoms with Crippen LogP contribution in [0.15, 0.2) is 170 Å². The zero-order chi connectivity index (χ0) is 38.0. The molecular weight excluding hydrogens is 723 g/mol. The smallest absolute Gasteiger partial charge is 0.205 e. The van der Waals surface area contributed by atoms with E-state index in [9.17, 15) is 9.59 Å². The fourth-order valence-corrected chi connectivity index (χ4v) is 8.41. The van der Waals surface area contributed by atoms with Crippen molar-refractivity contribution in [3.63, 3.8) is 0 Å². The van der Waals surface area contributed by atoms with Gasteiger partial charge in [0.2, 0.25) is 11.6 Å². The second kappa shape index (κ2) is 15.8. The van der Waals surface area contributed by atoms with Gasteiger partial charge in [-0.15, -0.1) is 13.2 Å². The zero-order valence-electron chi connectivity index (χ0n) is 31.6. The molecule has 2 aliphatic heterocycles. The monoisotopic (exact) mass is 766 g/mol. The molecule has 0 N–H and O–H groups in total. The third-order valence-corrected chi connectivity index (χ3v) is 11.0. The molecule has 0 amide bonds. The first kappa shape index (κ1) is 38.8. The van der Waals surface area contributed by atoms with E-state index in [2.05, 4.69) is 120 Å². The molecule has 0 spiro atoms. The van der Waals surface area contributed by atoms with Crippen molar-refractivity contribution in [2.24, 2.45) is 0 Å². The molecule has 2 aliphatic rings. The average molecular weight is 768 g/mol. The van der Waals surface area contributed by atoms with Gasteiger partial charge in [-0.05, 0) is 95.8 Å². The van der Waals surface area contributed by atoms with Crippen molar-refractivity contribution in [3.05, 3.63) is 193 Å². The van der Waals surface area contributed by atoms with Crippen LogP contribution in [0.3, 0.4) is 0 Å². The largest absolute Gasteiger partial charge is 0.347 e. The van der Waals surface area contributed by atoms with Gasteiger partial charge in [0.15, 0.2) is 0 Å². The quantitative estimate of drug-likeness (QED) is 0.0665. The summed E-state index contributed by atoms with van der Waals surface area (Å²) in [5.74, 6) is -0.158. The Kier molecular flexibility index (Phi) is 11.2. The number of benzene rings is 4. The van der Waals surface area contributed by atoms with Crippen LogP contribution in [0, 0.1) is 0 Å². The van der Waals surface area contributed by atoms with Crippen LogP contribution in [-0.2, 0) is 27.3 Å². The Hall–Kier alpha value is -5.91. The molecule has 0 aliphatic carbocycles. The number of carbonyl (C=O) groups excluding carboxylic acids is 2. The van der Waals surface area contributed by atoms with Crippen LogP contribution >= 0.6 is 0 Å². The summed E-state index contributed by atoms with van der Waals surface area (Å²) in [4.78, 5) is 38.4. The second-order valence-corrected chi connectivity index (χ2v) is 14.3. The molecule has 0 radical (unpaired) electrons. The van der Waals surface area contributed by atoms with E-state index in [0.717, 1.165) is 35.6 Å². The summed E-state index contributed by atoms with van der Waals surface area (Å²) < 4.78 is 0. The Bertz CT molecular complexity index is 2320. The number of carbonyl (C=O) groups is 2. The molecule has 4 heterocycles. The number of ketones is 2. The third-order valence-electron chi connectivity index (χ3n) is 11.0. The first-order chi connectivity index (χ1) is 26.1. The number of rotatable bonds is 8. The molecule has 0 bridgehead atoms. The summed E-state index contributed by atoms with van der Waals surface area (Å²) in [6.07, 6.45) is 12.1. The number of hydrogen-bond donors (Lipinski definition) is 0. The van der Waals surface area contributed by atoms with E-state index in [-0.39, 0.29) is 38.9 Å². The third kappa shape index (κ3) is 6.85. The van der Waals surface area contributed by atoms with Crippen LogP contribution in [0.1, 0.15) is 58.8 Å². The van der Waals surface area contributed by atoms with Gasteiger partial charge < -0.3 is 9.80 Å². The van der Waals surface area contributed by atoms with Crippen molar-refractivity contribution in [2.45, 2.75) is 37.5 Å². The zero-order valence-corrected chi connectivity index (χ0v) is 32.6. The van der Waals surface area contributed by atoms with Crippen LogP contribution in [0.4, 0.5) is 11.4 Å². The number of likely N-dealkylation sites (N-methyl/N-ethyl adjacent to an activating group) is 2. The first-order valence-electron chi connectivity index (χ1n) is 18.2. The second-order valence-electron chi connectivity index (χ2n) is 14.3. The number of anilines is 2. The van der Waals surface area contributed by atoms with Crippen molar-refractivity contribution in [1.29, 1.82) is 0 Å². The standard InChI is InChI=1S/2C24H22N2O.Ni/c2*1-4-14-24(2)22(16-21(27)19-11-7-8-15-25-19)26(3)20-13-12-17-9-5-6-10-18(17)23(20)24;/h2*4-13,15-16H,1,14H2,2-3H3;/b2*22-16-;. The van der Waals surface area contributed by atoms with Gasteiger partial charge in [0.05, 0.1) is 0 Å². The molecule has 278 valence electrons. The van der Waals surface area contributed by atoms with Crippen LogP contribution in [0.2, 0.25) is 0 Å². The summed E-state index contributed by atoms with van der Waals surface area (Å²) >= 11 is 0. The fraction of sp³-hybridized carbons (Fsp3) is 0.167. The van der Waals surface area contributed by atoms with E-state index < -0.39 is 0 Å². The maximum absolute atomic E-state index is 12.9. The van der Waals surface area contributed by atoms with E-state index in [1.807, 2.05) is 50.5 Å². The number of allylic oxidation sites excluding steroid dienone is 6. The number of hydrogen-bond acceptors (Lipinski definition) is 6. The number of pyridine rings is 2. The van der Waals surface area contributed by atoms with Crippen LogP contribution in [-0.4, -0.2) is 35.6 Å². The van der Waals surface area contributed by atoms with Gasteiger partial charge in [-0.1, -0.05) is 84.9 Å². The van der Waals surface area contributed by atoms with Gasteiger partial charge in [0.1, 0.15) is 11.4 Å². The van der Waals surface area contributed by atoms with Gasteiger partial charge in [-0.2, -0.15) is 0 Å². The van der Waals surface area contributed by atoms with Crippen LogP contribution in [0.25, 0.3) is 21.5 Å². The molecule has 2 aromatic heterocycles. The Morgan fingerprint density at radius 2 is 0.964 bits per heavy atom. The molecule has 0 saturated heterocycles. The van der Waals surface area contributed by atoms with E-state index >= 15 is 0 Å². The minimum atomic E-state index is -0.322. The summed E-state index contributed by atoms with van der Waals surface area (Å²) in [6.45, 7) is 12.3. The molecule has 0 fully saturated rings. The Morgan fingerprint density at radius 3 is 1.33 bits per heavy atom. The van der Waals surface area contributed by atoms with E-state index in [1.165, 1.54) is 32.7 Å². The van der Waals surface area contributed by atoms with Gasteiger partial charge in [0.25, 0.3) is 0 Å². The van der Waals surface area contributed by atoms with Crippen molar-refractivity contribution >= 4 is 44.5 Å². The molecular formula is C48H44N4NiO2. The minimum absolute atomic E-state index is 0. The van der Waals surface area contributed by atoms with Crippen LogP contribution in [0.5, 0.6) is 0 Å². The predicted molar refractivity (Wildman–Crippen MR) is 222 cm³/mol. The van der Waals surface area contributed by atoms with Crippen molar-refractivity contribution in [3.8, 4) is 0 Å². The molecule has 6 aromatic rings. The van der Waals surface area contributed by atoms with Crippen LogP contribution < -0.4 is 9.80 Å². The summed E-state index contributed by atoms with van der Waals surface area (Å²) in [7, 11) is 4.05. The van der Waals surface area contributed by atoms with Gasteiger partial charge in [-0.3, -0.25) is 19.6 Å². The molecule has 7 heteroatoms. The maximum Gasteiger partial charge on any atom is 0.205 e. The maximum atomic E-state index is 12.9. The number of nitrogens with zero attached hydrogens (tertiary/aromatic N) is 4. The molecule has 2 atom stereocenters. The molecule has 0 saturated carbocycles. The summed E-state index contributed by atoms with van der Waals surface area (Å²) in [5.41, 5.74) is 7.00. The first-order valence-corrected chi connectivity index (χ1v) is 18.2. The topological polar surface area (TPSA) is 66.4 Å².